The van der Waals surface area contributed by atoms with Gasteiger partial charge in [0, 0.05) is 38.3 Å². The predicted octanol–water partition coefficient (Wildman–Crippen LogP) is 3.92. The average molecular weight is 428 g/mol. The summed E-state index contributed by atoms with van der Waals surface area (Å²) in [6.07, 6.45) is 0. The third-order valence-electron chi connectivity index (χ3n) is 5.36. The van der Waals surface area contributed by atoms with E-state index < -0.39 is 0 Å². The van der Waals surface area contributed by atoms with Crippen molar-refractivity contribution in [2.45, 2.75) is 53.6 Å². The van der Waals surface area contributed by atoms with E-state index in [9.17, 15) is 0 Å². The zero-order chi connectivity index (χ0) is 22.6. The molecule has 2 aromatic carbocycles. The van der Waals surface area contributed by atoms with E-state index in [-0.39, 0.29) is 0 Å². The first kappa shape index (κ1) is 25.2. The largest absolute Gasteiger partial charge is 0.491 e. The average Bonchev–Trinajstić information content (AvgIpc) is 2.72. The molecule has 0 fully saturated rings. The van der Waals surface area contributed by atoms with E-state index in [0.29, 0.717) is 25.3 Å². The van der Waals surface area contributed by atoms with Crippen LogP contribution in [0, 0.1) is 27.7 Å². The lowest BCUT2D eigenvalue weighted by Gasteiger charge is -2.18. The SMILES string of the molecule is Cc1cccc(C)c1OCC(C)NCCNCCNC(C)COc1c(C)cccc1C. The van der Waals surface area contributed by atoms with Crippen molar-refractivity contribution in [1.82, 2.24) is 16.0 Å². The van der Waals surface area contributed by atoms with Gasteiger partial charge in [-0.25, -0.2) is 0 Å². The highest BCUT2D eigenvalue weighted by atomic mass is 16.5. The summed E-state index contributed by atoms with van der Waals surface area (Å²) in [7, 11) is 0. The Labute approximate surface area is 188 Å². The van der Waals surface area contributed by atoms with Gasteiger partial charge in [-0.05, 0) is 63.8 Å². The molecule has 0 aliphatic rings. The van der Waals surface area contributed by atoms with Crippen LogP contribution in [0.5, 0.6) is 11.5 Å². The lowest BCUT2D eigenvalue weighted by atomic mass is 10.1. The number of ether oxygens (including phenoxy) is 2. The fourth-order valence-corrected chi connectivity index (χ4v) is 3.53. The Kier molecular flexibility index (Phi) is 10.9. The highest BCUT2D eigenvalue weighted by Gasteiger charge is 2.08. The maximum absolute atomic E-state index is 6.02. The summed E-state index contributed by atoms with van der Waals surface area (Å²) < 4.78 is 12.0. The Morgan fingerprint density at radius 2 is 0.968 bits per heavy atom. The lowest BCUT2D eigenvalue weighted by Crippen LogP contribution is -2.40. The molecule has 2 aromatic rings. The molecule has 0 amide bonds. The number of hydrogen-bond acceptors (Lipinski definition) is 5. The van der Waals surface area contributed by atoms with Gasteiger partial charge in [0.25, 0.3) is 0 Å². The minimum absolute atomic E-state index is 0.306. The molecule has 0 heterocycles. The van der Waals surface area contributed by atoms with Gasteiger partial charge in [0.1, 0.15) is 24.7 Å². The summed E-state index contributed by atoms with van der Waals surface area (Å²) in [5, 5.41) is 10.5. The number of nitrogens with one attached hydrogen (secondary N) is 3. The van der Waals surface area contributed by atoms with Gasteiger partial charge in [-0.15, -0.1) is 0 Å². The first-order valence-corrected chi connectivity index (χ1v) is 11.4. The molecule has 2 unspecified atom stereocenters. The van der Waals surface area contributed by atoms with Crippen molar-refractivity contribution in [2.24, 2.45) is 0 Å². The molecule has 2 atom stereocenters. The monoisotopic (exact) mass is 427 g/mol. The Balaban J connectivity index is 1.50. The van der Waals surface area contributed by atoms with Crippen LogP contribution >= 0.6 is 0 Å². The van der Waals surface area contributed by atoms with Crippen LogP contribution in [0.4, 0.5) is 0 Å². The van der Waals surface area contributed by atoms with E-state index >= 15 is 0 Å². The fraction of sp³-hybridized carbons (Fsp3) is 0.538. The van der Waals surface area contributed by atoms with Crippen LogP contribution in [0.2, 0.25) is 0 Å². The van der Waals surface area contributed by atoms with Gasteiger partial charge < -0.3 is 25.4 Å². The standard InChI is InChI=1S/C26H41N3O2/c1-19-9-7-10-20(2)25(19)30-17-23(5)28-15-13-27-14-16-29-24(6)18-31-26-21(3)11-8-12-22(26)4/h7-12,23-24,27-29H,13-18H2,1-6H3. The first-order valence-electron chi connectivity index (χ1n) is 11.4. The normalized spacial score (nSPS) is 13.1. The number of para-hydroxylation sites is 2. The van der Waals surface area contributed by atoms with Crippen LogP contribution in [-0.2, 0) is 0 Å². The molecule has 0 spiro atoms. The zero-order valence-electron chi connectivity index (χ0n) is 20.2. The molecule has 172 valence electrons. The van der Waals surface area contributed by atoms with Crippen LogP contribution in [-0.4, -0.2) is 51.5 Å². The van der Waals surface area contributed by atoms with Crippen LogP contribution in [0.15, 0.2) is 36.4 Å². The van der Waals surface area contributed by atoms with Crippen LogP contribution in [0.25, 0.3) is 0 Å². The lowest BCUT2D eigenvalue weighted by molar-refractivity contribution is 0.268. The Hall–Kier alpha value is -2.08. The molecule has 0 radical (unpaired) electrons. The molecule has 31 heavy (non-hydrogen) atoms. The molecule has 0 aliphatic carbocycles. The first-order chi connectivity index (χ1) is 14.9. The van der Waals surface area contributed by atoms with E-state index in [1.54, 1.807) is 0 Å². The van der Waals surface area contributed by atoms with Crippen LogP contribution < -0.4 is 25.4 Å². The quantitative estimate of drug-likeness (QED) is 0.399. The van der Waals surface area contributed by atoms with Crippen molar-refractivity contribution in [3.63, 3.8) is 0 Å². The number of aryl methyl sites for hydroxylation is 4. The minimum atomic E-state index is 0.306. The van der Waals surface area contributed by atoms with Gasteiger partial charge in [-0.1, -0.05) is 36.4 Å². The molecule has 0 aliphatic heterocycles. The Morgan fingerprint density at radius 3 is 1.32 bits per heavy atom. The van der Waals surface area contributed by atoms with E-state index in [0.717, 1.165) is 37.7 Å². The molecule has 5 heteroatoms. The number of hydrogen-bond donors (Lipinski definition) is 3. The minimum Gasteiger partial charge on any atom is -0.491 e. The second kappa shape index (κ2) is 13.4. The molecule has 2 rings (SSSR count). The van der Waals surface area contributed by atoms with Crippen LogP contribution in [0.1, 0.15) is 36.1 Å². The van der Waals surface area contributed by atoms with Crippen molar-refractivity contribution in [3.05, 3.63) is 58.7 Å². The number of benzene rings is 2. The maximum Gasteiger partial charge on any atom is 0.125 e. The highest BCUT2D eigenvalue weighted by Crippen LogP contribution is 2.23. The number of rotatable bonds is 14. The van der Waals surface area contributed by atoms with E-state index in [2.05, 4.69) is 93.9 Å². The second-order valence-corrected chi connectivity index (χ2v) is 8.52. The Bertz CT molecular complexity index is 688. The van der Waals surface area contributed by atoms with Crippen molar-refractivity contribution in [1.29, 1.82) is 0 Å². The summed E-state index contributed by atoms with van der Waals surface area (Å²) in [5.74, 6) is 2.02. The van der Waals surface area contributed by atoms with Gasteiger partial charge >= 0.3 is 0 Å². The molecule has 0 aromatic heterocycles. The summed E-state index contributed by atoms with van der Waals surface area (Å²) in [6.45, 7) is 17.7. The second-order valence-electron chi connectivity index (χ2n) is 8.52. The van der Waals surface area contributed by atoms with E-state index in [1.807, 2.05) is 0 Å². The van der Waals surface area contributed by atoms with Crippen molar-refractivity contribution < 1.29 is 9.47 Å². The van der Waals surface area contributed by atoms with Crippen molar-refractivity contribution in [2.75, 3.05) is 39.4 Å². The van der Waals surface area contributed by atoms with E-state index in [1.165, 1.54) is 22.3 Å². The molecule has 3 N–H and O–H groups in total. The third-order valence-corrected chi connectivity index (χ3v) is 5.36. The van der Waals surface area contributed by atoms with Crippen molar-refractivity contribution in [3.8, 4) is 11.5 Å². The van der Waals surface area contributed by atoms with Gasteiger partial charge in [0.05, 0.1) is 0 Å². The zero-order valence-corrected chi connectivity index (χ0v) is 20.2. The van der Waals surface area contributed by atoms with E-state index in [4.69, 9.17) is 9.47 Å². The topological polar surface area (TPSA) is 54.5 Å². The molecule has 0 saturated carbocycles. The molecule has 0 bridgehead atoms. The molecular formula is C26H41N3O2. The van der Waals surface area contributed by atoms with Gasteiger partial charge in [-0.3, -0.25) is 0 Å². The Morgan fingerprint density at radius 1 is 0.613 bits per heavy atom. The summed E-state index contributed by atoms with van der Waals surface area (Å²) in [6, 6.07) is 13.1. The van der Waals surface area contributed by atoms with Crippen LogP contribution in [0.3, 0.4) is 0 Å². The summed E-state index contributed by atoms with van der Waals surface area (Å²) >= 11 is 0. The molecular weight excluding hydrogens is 386 g/mol. The third kappa shape index (κ3) is 8.90. The summed E-state index contributed by atoms with van der Waals surface area (Å²) in [5.41, 5.74) is 4.76. The fourth-order valence-electron chi connectivity index (χ4n) is 3.53. The van der Waals surface area contributed by atoms with Gasteiger partial charge in [-0.2, -0.15) is 0 Å². The maximum atomic E-state index is 6.02. The van der Waals surface area contributed by atoms with Gasteiger partial charge in [0.15, 0.2) is 0 Å². The summed E-state index contributed by atoms with van der Waals surface area (Å²) in [4.78, 5) is 0. The predicted molar refractivity (Wildman–Crippen MR) is 131 cm³/mol. The van der Waals surface area contributed by atoms with Crippen molar-refractivity contribution >= 4 is 0 Å². The smallest absolute Gasteiger partial charge is 0.125 e. The highest BCUT2D eigenvalue weighted by molar-refractivity contribution is 5.40. The van der Waals surface area contributed by atoms with Gasteiger partial charge in [0.2, 0.25) is 0 Å². The molecule has 5 nitrogen and oxygen atoms in total. The molecule has 0 saturated heterocycles.